The van der Waals surface area contributed by atoms with E-state index in [-0.39, 0.29) is 41.3 Å². The van der Waals surface area contributed by atoms with Crippen molar-refractivity contribution in [2.75, 3.05) is 6.54 Å². The Balaban J connectivity index is 2.97. The van der Waals surface area contributed by atoms with Crippen LogP contribution in [0.5, 0.6) is 0 Å². The Labute approximate surface area is 188 Å². The van der Waals surface area contributed by atoms with Gasteiger partial charge < -0.3 is 15.7 Å². The van der Waals surface area contributed by atoms with Crippen molar-refractivity contribution < 1.29 is 19.5 Å². The molecule has 1 aliphatic rings. The number of nitrogens with zero attached hydrogens (tertiary/aromatic N) is 1. The van der Waals surface area contributed by atoms with Gasteiger partial charge in [0.05, 0.1) is 12.1 Å². The monoisotopic (exact) mass is 437 g/mol. The van der Waals surface area contributed by atoms with Gasteiger partial charge in [0.15, 0.2) is 0 Å². The van der Waals surface area contributed by atoms with Gasteiger partial charge >= 0.3 is 5.97 Å². The smallest absolute Gasteiger partial charge is 0.331 e. The van der Waals surface area contributed by atoms with Crippen LogP contribution in [0.15, 0.2) is 11.6 Å². The fourth-order valence-corrected chi connectivity index (χ4v) is 3.89. The van der Waals surface area contributed by atoms with E-state index in [1.165, 1.54) is 6.92 Å². The average Bonchev–Trinajstić information content (AvgIpc) is 2.69. The van der Waals surface area contributed by atoms with Crippen LogP contribution in [-0.2, 0) is 14.4 Å². The molecular formula is C24H43N3O4. The van der Waals surface area contributed by atoms with Crippen molar-refractivity contribution >= 4 is 17.8 Å². The van der Waals surface area contributed by atoms with Gasteiger partial charge in [-0.15, -0.1) is 0 Å². The maximum absolute atomic E-state index is 13.2. The molecule has 0 bridgehead atoms. The molecule has 4 atom stereocenters. The zero-order chi connectivity index (χ0) is 23.9. The summed E-state index contributed by atoms with van der Waals surface area (Å²) in [5.74, 6) is -1.03. The van der Waals surface area contributed by atoms with Crippen molar-refractivity contribution in [1.82, 2.24) is 15.5 Å². The minimum atomic E-state index is -1.01. The SMILES string of the molecule is C/C(=C\C(NC(=O)C(NC(=O)[C@H]1CCCCN1C(C)C(C)C)C(C)C)C(C)C)C(=O)O. The van der Waals surface area contributed by atoms with E-state index < -0.39 is 18.1 Å². The van der Waals surface area contributed by atoms with Gasteiger partial charge in [0.1, 0.15) is 6.04 Å². The standard InChI is InChI=1S/C24H43N3O4/c1-14(2)18(8)27-12-10-9-11-20(27)22(28)26-21(16(5)6)23(29)25-19(15(3)4)13-17(7)24(30)31/h13-16,18-21H,9-12H2,1-8H3,(H,25,29)(H,26,28)(H,30,31)/b17-13+/t18?,19?,20-,21?/m1/s1. The normalized spacial score (nSPS) is 21.1. The molecule has 7 heteroatoms. The summed E-state index contributed by atoms with van der Waals surface area (Å²) in [4.78, 5) is 39.8. The molecule has 0 aromatic carbocycles. The van der Waals surface area contributed by atoms with Gasteiger partial charge in [-0.3, -0.25) is 14.5 Å². The molecule has 31 heavy (non-hydrogen) atoms. The average molecular weight is 438 g/mol. The predicted molar refractivity (Wildman–Crippen MR) is 124 cm³/mol. The lowest BCUT2D eigenvalue weighted by Gasteiger charge is -2.41. The second-order valence-corrected chi connectivity index (χ2v) is 9.90. The van der Waals surface area contributed by atoms with E-state index in [0.717, 1.165) is 25.8 Å². The number of piperidine rings is 1. The number of hydrogen-bond donors (Lipinski definition) is 3. The quantitative estimate of drug-likeness (QED) is 0.456. The number of hydrogen-bond acceptors (Lipinski definition) is 4. The molecular weight excluding hydrogens is 394 g/mol. The predicted octanol–water partition coefficient (Wildman–Crippen LogP) is 3.20. The molecule has 3 unspecified atom stereocenters. The lowest BCUT2D eigenvalue weighted by atomic mass is 9.94. The summed E-state index contributed by atoms with van der Waals surface area (Å²) < 4.78 is 0. The van der Waals surface area contributed by atoms with Crippen molar-refractivity contribution in [3.63, 3.8) is 0 Å². The third-order valence-corrected chi connectivity index (χ3v) is 6.38. The van der Waals surface area contributed by atoms with Crippen LogP contribution in [-0.4, -0.2) is 58.5 Å². The zero-order valence-corrected chi connectivity index (χ0v) is 20.6. The molecule has 1 rings (SSSR count). The van der Waals surface area contributed by atoms with E-state index in [0.29, 0.717) is 5.92 Å². The van der Waals surface area contributed by atoms with Crippen LogP contribution in [0, 0.1) is 17.8 Å². The number of nitrogens with one attached hydrogen (secondary N) is 2. The summed E-state index contributed by atoms with van der Waals surface area (Å²) in [6.07, 6.45) is 4.45. The highest BCUT2D eigenvalue weighted by atomic mass is 16.4. The van der Waals surface area contributed by atoms with Crippen molar-refractivity contribution in [3.05, 3.63) is 11.6 Å². The Morgan fingerprint density at radius 2 is 1.55 bits per heavy atom. The molecule has 7 nitrogen and oxygen atoms in total. The first-order valence-electron chi connectivity index (χ1n) is 11.6. The second kappa shape index (κ2) is 12.2. The maximum Gasteiger partial charge on any atom is 0.331 e. The number of amides is 2. The highest BCUT2D eigenvalue weighted by Gasteiger charge is 2.35. The molecule has 3 N–H and O–H groups in total. The third kappa shape index (κ3) is 7.95. The number of carboxylic acid groups (broad SMARTS) is 1. The van der Waals surface area contributed by atoms with Crippen LogP contribution in [0.4, 0.5) is 0 Å². The van der Waals surface area contributed by atoms with Crippen LogP contribution in [0.3, 0.4) is 0 Å². The first-order valence-corrected chi connectivity index (χ1v) is 11.6. The van der Waals surface area contributed by atoms with Crippen LogP contribution in [0.25, 0.3) is 0 Å². The first-order chi connectivity index (χ1) is 14.4. The fourth-order valence-electron chi connectivity index (χ4n) is 3.89. The summed E-state index contributed by atoms with van der Waals surface area (Å²) >= 11 is 0. The summed E-state index contributed by atoms with van der Waals surface area (Å²) in [5, 5.41) is 15.1. The van der Waals surface area contributed by atoms with Gasteiger partial charge in [0.2, 0.25) is 11.8 Å². The van der Waals surface area contributed by atoms with Crippen LogP contribution in [0.2, 0.25) is 0 Å². The van der Waals surface area contributed by atoms with E-state index in [1.807, 2.05) is 27.7 Å². The maximum atomic E-state index is 13.2. The van der Waals surface area contributed by atoms with Crippen molar-refractivity contribution in [3.8, 4) is 0 Å². The van der Waals surface area contributed by atoms with Crippen molar-refractivity contribution in [1.29, 1.82) is 0 Å². The van der Waals surface area contributed by atoms with Gasteiger partial charge in [-0.05, 0) is 51.0 Å². The highest BCUT2D eigenvalue weighted by molar-refractivity contribution is 5.90. The molecule has 1 heterocycles. The van der Waals surface area contributed by atoms with Gasteiger partial charge in [-0.1, -0.05) is 54.0 Å². The lowest BCUT2D eigenvalue weighted by Crippen LogP contribution is -2.59. The molecule has 0 aromatic rings. The number of carbonyl (C=O) groups excluding carboxylic acids is 2. The Morgan fingerprint density at radius 3 is 2.03 bits per heavy atom. The van der Waals surface area contributed by atoms with E-state index >= 15 is 0 Å². The molecule has 178 valence electrons. The van der Waals surface area contributed by atoms with E-state index in [1.54, 1.807) is 6.08 Å². The van der Waals surface area contributed by atoms with Gasteiger partial charge in [-0.25, -0.2) is 4.79 Å². The fraction of sp³-hybridized carbons (Fsp3) is 0.792. The number of likely N-dealkylation sites (tertiary alicyclic amines) is 1. The van der Waals surface area contributed by atoms with Crippen LogP contribution in [0.1, 0.15) is 74.7 Å². The Morgan fingerprint density at radius 1 is 0.935 bits per heavy atom. The molecule has 1 aliphatic heterocycles. The largest absolute Gasteiger partial charge is 0.478 e. The molecule has 0 aliphatic carbocycles. The van der Waals surface area contributed by atoms with Crippen LogP contribution >= 0.6 is 0 Å². The number of carbonyl (C=O) groups is 3. The second-order valence-electron chi connectivity index (χ2n) is 9.90. The van der Waals surface area contributed by atoms with E-state index in [2.05, 4.69) is 36.3 Å². The minimum absolute atomic E-state index is 0.0162. The lowest BCUT2D eigenvalue weighted by molar-refractivity contribution is -0.135. The van der Waals surface area contributed by atoms with Gasteiger partial charge in [0, 0.05) is 11.6 Å². The topological polar surface area (TPSA) is 98.7 Å². The summed E-state index contributed by atoms with van der Waals surface area (Å²) in [6.45, 7) is 16.6. The molecule has 0 spiro atoms. The molecule has 0 radical (unpaired) electrons. The van der Waals surface area contributed by atoms with Gasteiger partial charge in [-0.2, -0.15) is 0 Å². The van der Waals surface area contributed by atoms with Gasteiger partial charge in [0.25, 0.3) is 0 Å². The molecule has 0 saturated carbocycles. The van der Waals surface area contributed by atoms with Crippen molar-refractivity contribution in [2.45, 2.75) is 98.8 Å². The Bertz CT molecular complexity index is 657. The number of aliphatic carboxylic acids is 1. The Hall–Kier alpha value is -1.89. The van der Waals surface area contributed by atoms with Crippen molar-refractivity contribution in [2.24, 2.45) is 17.8 Å². The number of carboxylic acids is 1. The molecule has 1 saturated heterocycles. The minimum Gasteiger partial charge on any atom is -0.478 e. The molecule has 1 fully saturated rings. The Kier molecular flexibility index (Phi) is 10.7. The highest BCUT2D eigenvalue weighted by Crippen LogP contribution is 2.23. The van der Waals surface area contributed by atoms with E-state index in [9.17, 15) is 19.5 Å². The zero-order valence-electron chi connectivity index (χ0n) is 20.6. The number of rotatable bonds is 10. The molecule has 0 aromatic heterocycles. The van der Waals surface area contributed by atoms with Crippen LogP contribution < -0.4 is 10.6 Å². The third-order valence-electron chi connectivity index (χ3n) is 6.38. The summed E-state index contributed by atoms with van der Waals surface area (Å²) in [6, 6.07) is -1.04. The summed E-state index contributed by atoms with van der Waals surface area (Å²) in [5.41, 5.74) is 0.185. The summed E-state index contributed by atoms with van der Waals surface area (Å²) in [7, 11) is 0. The molecule has 2 amide bonds. The first kappa shape index (κ1) is 27.1. The van der Waals surface area contributed by atoms with E-state index in [4.69, 9.17) is 0 Å².